The summed E-state index contributed by atoms with van der Waals surface area (Å²) in [5, 5.41) is 17.1. The standard InChI is InChI=1S/C25H20F4N4O3/c1-32(11-14-12-33(35)21(9-26)20-10-30-31-23(14)20)25(34)19-5-4-18(13-6-15(27)8-16(28)7-13)24(22(19)29)36-17-2-3-17/h4-8,10,12,17,35H,2-3,9,11H2,1H3/p+1. The molecule has 186 valence electrons. The van der Waals surface area contributed by atoms with Gasteiger partial charge >= 0.3 is 0 Å². The topological polar surface area (TPSA) is 82.3 Å². The van der Waals surface area contributed by atoms with Gasteiger partial charge in [0.05, 0.1) is 40.9 Å². The lowest BCUT2D eigenvalue weighted by Gasteiger charge is -2.20. The Morgan fingerprint density at radius 3 is 2.61 bits per heavy atom. The van der Waals surface area contributed by atoms with E-state index in [-0.39, 0.29) is 40.8 Å². The maximum Gasteiger partial charge on any atom is 0.275 e. The summed E-state index contributed by atoms with van der Waals surface area (Å²) in [6.45, 7) is -1.00. The fourth-order valence-corrected chi connectivity index (χ4v) is 4.07. The van der Waals surface area contributed by atoms with Crippen molar-refractivity contribution in [1.82, 2.24) is 15.1 Å². The molecule has 1 fully saturated rings. The molecule has 0 atom stereocenters. The third kappa shape index (κ3) is 4.32. The lowest BCUT2D eigenvalue weighted by atomic mass is 10.0. The van der Waals surface area contributed by atoms with Crippen LogP contribution in [-0.2, 0) is 13.2 Å². The number of amides is 1. The first kappa shape index (κ1) is 23.6. The van der Waals surface area contributed by atoms with E-state index in [2.05, 4.69) is 10.2 Å². The van der Waals surface area contributed by atoms with Crippen LogP contribution in [0.15, 0.2) is 42.7 Å². The number of hydrogen-bond acceptors (Lipinski definition) is 4. The third-order valence-electron chi connectivity index (χ3n) is 6.02. The van der Waals surface area contributed by atoms with Gasteiger partial charge < -0.3 is 9.64 Å². The van der Waals surface area contributed by atoms with Crippen LogP contribution in [0.5, 0.6) is 5.75 Å². The number of pyridine rings is 1. The van der Waals surface area contributed by atoms with Gasteiger partial charge in [0.1, 0.15) is 11.6 Å². The molecule has 0 saturated heterocycles. The van der Waals surface area contributed by atoms with Crippen molar-refractivity contribution in [2.24, 2.45) is 0 Å². The number of fused-ring (bicyclic) bond motifs is 1. The molecule has 1 saturated carbocycles. The zero-order chi connectivity index (χ0) is 25.6. The second kappa shape index (κ2) is 9.14. The van der Waals surface area contributed by atoms with Gasteiger partial charge in [-0.25, -0.2) is 17.6 Å². The predicted molar refractivity (Wildman–Crippen MR) is 119 cm³/mol. The molecule has 4 aromatic rings. The first-order valence-corrected chi connectivity index (χ1v) is 11.1. The number of nitrogens with one attached hydrogen (secondary N) is 1. The summed E-state index contributed by atoms with van der Waals surface area (Å²) < 4.78 is 63.0. The Balaban J connectivity index is 1.50. The van der Waals surface area contributed by atoms with Crippen LogP contribution in [0, 0.1) is 17.5 Å². The van der Waals surface area contributed by atoms with E-state index in [4.69, 9.17) is 4.74 Å². The lowest BCUT2D eigenvalue weighted by molar-refractivity contribution is -0.909. The average Bonchev–Trinajstić information content (AvgIpc) is 3.52. The maximum absolute atomic E-state index is 15.7. The summed E-state index contributed by atoms with van der Waals surface area (Å²) in [5.74, 6) is -3.55. The predicted octanol–water partition coefficient (Wildman–Crippen LogP) is 4.45. The Morgan fingerprint density at radius 1 is 1.22 bits per heavy atom. The largest absolute Gasteiger partial charge is 0.487 e. The van der Waals surface area contributed by atoms with Gasteiger partial charge in [-0.2, -0.15) is 5.10 Å². The summed E-state index contributed by atoms with van der Waals surface area (Å²) in [6.07, 6.45) is 3.76. The molecule has 1 amide bonds. The summed E-state index contributed by atoms with van der Waals surface area (Å²) in [4.78, 5) is 14.4. The highest BCUT2D eigenvalue weighted by molar-refractivity contribution is 5.96. The SMILES string of the molecule is CN(Cc1c[n+](O)c(CF)c2cn[nH]c12)C(=O)c1ccc(-c2cc(F)cc(F)c2)c(OC2CC2)c1F. The monoisotopic (exact) mass is 501 g/mol. The number of alkyl halides is 1. The molecule has 2 N–H and O–H groups in total. The molecular formula is C25H21F4N4O3+. The molecule has 5 rings (SSSR count). The molecule has 2 aromatic carbocycles. The number of carbonyl (C=O) groups is 1. The molecule has 1 aliphatic carbocycles. The van der Waals surface area contributed by atoms with Crippen LogP contribution in [0.1, 0.15) is 34.5 Å². The molecule has 0 bridgehead atoms. The first-order chi connectivity index (χ1) is 17.3. The molecule has 0 spiro atoms. The molecule has 2 aromatic heterocycles. The van der Waals surface area contributed by atoms with Crippen LogP contribution < -0.4 is 9.47 Å². The van der Waals surface area contributed by atoms with Crippen LogP contribution in [0.4, 0.5) is 17.6 Å². The molecule has 36 heavy (non-hydrogen) atoms. The van der Waals surface area contributed by atoms with Crippen molar-refractivity contribution in [3.63, 3.8) is 0 Å². The third-order valence-corrected chi connectivity index (χ3v) is 6.02. The Bertz CT molecular complexity index is 1470. The Kier molecular flexibility index (Phi) is 5.99. The van der Waals surface area contributed by atoms with Gasteiger partial charge in [-0.15, -0.1) is 0 Å². The van der Waals surface area contributed by atoms with Crippen molar-refractivity contribution in [1.29, 1.82) is 0 Å². The van der Waals surface area contributed by atoms with Crippen molar-refractivity contribution >= 4 is 16.8 Å². The zero-order valence-electron chi connectivity index (χ0n) is 19.1. The number of aromatic amines is 1. The molecule has 1 aliphatic rings. The van der Waals surface area contributed by atoms with Crippen molar-refractivity contribution < 1.29 is 37.0 Å². The van der Waals surface area contributed by atoms with Crippen LogP contribution in [0.25, 0.3) is 22.0 Å². The van der Waals surface area contributed by atoms with E-state index in [1.54, 1.807) is 0 Å². The fraction of sp³-hybridized carbons (Fsp3) is 0.240. The highest BCUT2D eigenvalue weighted by Gasteiger charge is 2.30. The second-order valence-electron chi connectivity index (χ2n) is 8.68. The van der Waals surface area contributed by atoms with E-state index in [1.165, 1.54) is 36.5 Å². The summed E-state index contributed by atoms with van der Waals surface area (Å²) in [5.41, 5.74) is 0.741. The zero-order valence-corrected chi connectivity index (χ0v) is 19.1. The molecule has 0 unspecified atom stereocenters. The Morgan fingerprint density at radius 2 is 1.94 bits per heavy atom. The second-order valence-corrected chi connectivity index (χ2v) is 8.68. The molecule has 2 heterocycles. The summed E-state index contributed by atoms with van der Waals surface area (Å²) in [6, 6.07) is 5.45. The molecule has 0 radical (unpaired) electrons. The van der Waals surface area contributed by atoms with Gasteiger partial charge in [0, 0.05) is 23.4 Å². The van der Waals surface area contributed by atoms with Crippen LogP contribution >= 0.6 is 0 Å². The van der Waals surface area contributed by atoms with Crippen LogP contribution in [0.2, 0.25) is 0 Å². The van der Waals surface area contributed by atoms with E-state index in [1.807, 2.05) is 0 Å². The first-order valence-electron chi connectivity index (χ1n) is 11.1. The van der Waals surface area contributed by atoms with E-state index in [9.17, 15) is 23.2 Å². The fourth-order valence-electron chi connectivity index (χ4n) is 4.07. The van der Waals surface area contributed by atoms with Crippen molar-refractivity contribution in [2.45, 2.75) is 32.2 Å². The van der Waals surface area contributed by atoms with Gasteiger partial charge in [0.2, 0.25) is 6.20 Å². The smallest absolute Gasteiger partial charge is 0.275 e. The highest BCUT2D eigenvalue weighted by Crippen LogP contribution is 2.39. The number of halogens is 4. The molecule has 11 heteroatoms. The normalized spacial score (nSPS) is 13.2. The highest BCUT2D eigenvalue weighted by atomic mass is 19.1. The molecule has 0 aliphatic heterocycles. The van der Waals surface area contributed by atoms with E-state index in [0.717, 1.165) is 12.1 Å². The number of rotatable bonds is 7. The van der Waals surface area contributed by atoms with E-state index in [0.29, 0.717) is 40.1 Å². The van der Waals surface area contributed by atoms with Gasteiger partial charge in [0.25, 0.3) is 11.6 Å². The lowest BCUT2D eigenvalue weighted by Crippen LogP contribution is -2.36. The number of ether oxygens (including phenoxy) is 1. The van der Waals surface area contributed by atoms with Crippen molar-refractivity contribution in [2.75, 3.05) is 7.05 Å². The Labute approximate surface area is 202 Å². The molecule has 7 nitrogen and oxygen atoms in total. The number of nitrogens with zero attached hydrogens (tertiary/aromatic N) is 3. The number of aromatic nitrogens is 3. The van der Waals surface area contributed by atoms with Crippen LogP contribution in [-0.4, -0.2) is 39.4 Å². The summed E-state index contributed by atoms with van der Waals surface area (Å²) >= 11 is 0. The maximum atomic E-state index is 15.7. The van der Waals surface area contributed by atoms with Gasteiger partial charge in [-0.3, -0.25) is 15.1 Å². The van der Waals surface area contributed by atoms with Crippen molar-refractivity contribution in [3.8, 4) is 16.9 Å². The van der Waals surface area contributed by atoms with Gasteiger partial charge in [0.15, 0.2) is 18.2 Å². The summed E-state index contributed by atoms with van der Waals surface area (Å²) in [7, 11) is 1.44. The number of carbonyl (C=O) groups excluding carboxylic acids is 1. The minimum atomic E-state index is -0.947. The van der Waals surface area contributed by atoms with E-state index >= 15 is 4.39 Å². The number of benzene rings is 2. The van der Waals surface area contributed by atoms with Gasteiger partial charge in [-0.05, 0) is 42.7 Å². The Hall–Kier alpha value is -4.15. The number of hydrogen-bond donors (Lipinski definition) is 2. The quantitative estimate of drug-likeness (QED) is 0.223. The van der Waals surface area contributed by atoms with E-state index < -0.39 is 30.0 Å². The van der Waals surface area contributed by atoms with Crippen LogP contribution in [0.3, 0.4) is 0 Å². The number of H-pyrrole nitrogens is 1. The average molecular weight is 501 g/mol. The minimum Gasteiger partial charge on any atom is -0.487 e. The molecular weight excluding hydrogens is 480 g/mol. The van der Waals surface area contributed by atoms with Gasteiger partial charge in [-0.1, -0.05) is 0 Å². The van der Waals surface area contributed by atoms with Crippen molar-refractivity contribution in [3.05, 3.63) is 77.0 Å². The minimum absolute atomic E-state index is 0.00577.